The molecule has 0 radical (unpaired) electrons. The van der Waals surface area contributed by atoms with Crippen molar-refractivity contribution in [2.75, 3.05) is 25.7 Å². The second-order valence-electron chi connectivity index (χ2n) is 7.29. The van der Waals surface area contributed by atoms with E-state index in [9.17, 15) is 4.79 Å². The number of para-hydroxylation sites is 2. The van der Waals surface area contributed by atoms with Crippen LogP contribution in [0.2, 0.25) is 0 Å². The zero-order valence-corrected chi connectivity index (χ0v) is 18.9. The monoisotopic (exact) mass is 463 g/mol. The van der Waals surface area contributed by atoms with Gasteiger partial charge in [0, 0.05) is 12.4 Å². The van der Waals surface area contributed by atoms with E-state index < -0.39 is 6.10 Å². The van der Waals surface area contributed by atoms with Gasteiger partial charge in [0.25, 0.3) is 5.91 Å². The molecule has 0 N–H and O–H groups in total. The van der Waals surface area contributed by atoms with Gasteiger partial charge < -0.3 is 18.9 Å². The predicted molar refractivity (Wildman–Crippen MR) is 125 cm³/mol. The minimum atomic E-state index is -0.813. The third kappa shape index (κ3) is 4.03. The highest BCUT2D eigenvalue weighted by molar-refractivity contribution is 7.22. The van der Waals surface area contributed by atoms with Crippen LogP contribution in [-0.2, 0) is 11.3 Å². The Labute approximate surface area is 194 Å². The van der Waals surface area contributed by atoms with Gasteiger partial charge in [0.1, 0.15) is 28.3 Å². The molecular formula is C24H21N3O5S. The molecule has 2 aromatic carbocycles. The molecule has 0 aliphatic carbocycles. The van der Waals surface area contributed by atoms with E-state index in [-0.39, 0.29) is 19.1 Å². The van der Waals surface area contributed by atoms with Crippen molar-refractivity contribution in [2.24, 2.45) is 0 Å². The zero-order chi connectivity index (χ0) is 22.8. The van der Waals surface area contributed by atoms with Crippen molar-refractivity contribution in [3.63, 3.8) is 0 Å². The average molecular weight is 464 g/mol. The number of aromatic nitrogens is 2. The number of benzene rings is 2. The molecule has 168 valence electrons. The SMILES string of the molecule is COc1ccc(OC)c2sc(N(Cc3cccnc3)C(=O)[C@@H]3COc4ccccc4O3)nc12. The second-order valence-corrected chi connectivity index (χ2v) is 8.27. The molecule has 0 spiro atoms. The van der Waals surface area contributed by atoms with Gasteiger partial charge in [-0.1, -0.05) is 29.5 Å². The molecule has 0 bridgehead atoms. The Bertz CT molecular complexity index is 1250. The summed E-state index contributed by atoms with van der Waals surface area (Å²) < 4.78 is 23.6. The minimum absolute atomic E-state index is 0.108. The van der Waals surface area contributed by atoms with Gasteiger partial charge in [-0.3, -0.25) is 14.7 Å². The van der Waals surface area contributed by atoms with Crippen molar-refractivity contribution >= 4 is 32.6 Å². The highest BCUT2D eigenvalue weighted by Crippen LogP contribution is 2.41. The maximum Gasteiger partial charge on any atom is 0.273 e. The van der Waals surface area contributed by atoms with Gasteiger partial charge in [0.05, 0.1) is 20.8 Å². The summed E-state index contributed by atoms with van der Waals surface area (Å²) in [7, 11) is 3.19. The fourth-order valence-electron chi connectivity index (χ4n) is 3.62. The lowest BCUT2D eigenvalue weighted by molar-refractivity contribution is -0.127. The molecule has 3 heterocycles. The molecule has 2 aromatic heterocycles. The Morgan fingerprint density at radius 3 is 2.64 bits per heavy atom. The number of pyridine rings is 1. The summed E-state index contributed by atoms with van der Waals surface area (Å²) in [6.45, 7) is 0.384. The van der Waals surface area contributed by atoms with Crippen molar-refractivity contribution in [1.29, 1.82) is 0 Å². The normalized spacial score (nSPS) is 14.7. The van der Waals surface area contributed by atoms with E-state index in [0.29, 0.717) is 33.6 Å². The van der Waals surface area contributed by atoms with E-state index in [1.165, 1.54) is 11.3 Å². The average Bonchev–Trinajstić information content (AvgIpc) is 3.32. The van der Waals surface area contributed by atoms with Gasteiger partial charge in [-0.15, -0.1) is 0 Å². The van der Waals surface area contributed by atoms with E-state index in [4.69, 9.17) is 23.9 Å². The van der Waals surface area contributed by atoms with Gasteiger partial charge in [-0.25, -0.2) is 4.98 Å². The number of fused-ring (bicyclic) bond motifs is 2. The molecule has 9 heteroatoms. The van der Waals surface area contributed by atoms with Crippen LogP contribution in [0.4, 0.5) is 5.13 Å². The number of rotatable bonds is 6. The Morgan fingerprint density at radius 2 is 1.88 bits per heavy atom. The largest absolute Gasteiger partial charge is 0.495 e. The van der Waals surface area contributed by atoms with Gasteiger partial charge in [0.2, 0.25) is 6.10 Å². The number of carbonyl (C=O) groups is 1. The molecule has 5 rings (SSSR count). The molecule has 0 unspecified atom stereocenters. The van der Waals surface area contributed by atoms with Gasteiger partial charge in [-0.05, 0) is 35.9 Å². The van der Waals surface area contributed by atoms with Crippen molar-refractivity contribution < 1.29 is 23.7 Å². The van der Waals surface area contributed by atoms with E-state index in [1.807, 2.05) is 36.4 Å². The Hall–Kier alpha value is -3.85. The fourth-order valence-corrected chi connectivity index (χ4v) is 4.70. The number of methoxy groups -OCH3 is 2. The molecule has 1 amide bonds. The third-order valence-electron chi connectivity index (χ3n) is 5.24. The Balaban J connectivity index is 1.54. The molecule has 1 aliphatic rings. The second kappa shape index (κ2) is 8.95. The van der Waals surface area contributed by atoms with Crippen LogP contribution in [0.3, 0.4) is 0 Å². The van der Waals surface area contributed by atoms with E-state index >= 15 is 0 Å². The maximum absolute atomic E-state index is 13.7. The lowest BCUT2D eigenvalue weighted by Gasteiger charge is -2.29. The number of hydrogen-bond donors (Lipinski definition) is 0. The molecule has 0 saturated heterocycles. The highest BCUT2D eigenvalue weighted by atomic mass is 32.1. The lowest BCUT2D eigenvalue weighted by Crippen LogP contribution is -2.46. The summed E-state index contributed by atoms with van der Waals surface area (Å²) >= 11 is 1.36. The van der Waals surface area contributed by atoms with Crippen molar-refractivity contribution in [1.82, 2.24) is 9.97 Å². The van der Waals surface area contributed by atoms with Crippen LogP contribution < -0.4 is 23.8 Å². The molecule has 0 fully saturated rings. The first-order chi connectivity index (χ1) is 16.2. The Kier molecular flexibility index (Phi) is 5.70. The first-order valence-corrected chi connectivity index (χ1v) is 11.1. The summed E-state index contributed by atoms with van der Waals surface area (Å²) in [5, 5.41) is 0.504. The highest BCUT2D eigenvalue weighted by Gasteiger charge is 2.34. The number of thiazole rings is 1. The smallest absolute Gasteiger partial charge is 0.273 e. The molecule has 33 heavy (non-hydrogen) atoms. The Morgan fingerprint density at radius 1 is 1.09 bits per heavy atom. The summed E-state index contributed by atoms with van der Waals surface area (Å²) in [5.74, 6) is 2.17. The third-order valence-corrected chi connectivity index (χ3v) is 6.34. The summed E-state index contributed by atoms with van der Waals surface area (Å²) in [4.78, 5) is 24.2. The van der Waals surface area contributed by atoms with Gasteiger partial charge in [-0.2, -0.15) is 0 Å². The predicted octanol–water partition coefficient (Wildman–Crippen LogP) is 4.08. The zero-order valence-electron chi connectivity index (χ0n) is 18.1. The summed E-state index contributed by atoms with van der Waals surface area (Å²) in [5.41, 5.74) is 1.49. The number of anilines is 1. The molecular weight excluding hydrogens is 442 g/mol. The standard InChI is InChI=1S/C24H21N3O5S/c1-29-18-9-10-19(30-2)22-21(18)26-24(33-22)27(13-15-6-5-11-25-12-15)23(28)20-14-31-16-7-3-4-8-17(16)32-20/h3-12,20H,13-14H2,1-2H3/t20-/m0/s1. The number of amides is 1. The van der Waals surface area contributed by atoms with Crippen LogP contribution in [0, 0.1) is 0 Å². The van der Waals surface area contributed by atoms with Crippen molar-refractivity contribution in [3.8, 4) is 23.0 Å². The molecule has 1 atom stereocenters. The summed E-state index contributed by atoms with van der Waals surface area (Å²) in [6.07, 6.45) is 2.60. The minimum Gasteiger partial charge on any atom is -0.495 e. The molecule has 1 aliphatic heterocycles. The van der Waals surface area contributed by atoms with Crippen LogP contribution in [0.5, 0.6) is 23.0 Å². The van der Waals surface area contributed by atoms with Crippen LogP contribution in [0.15, 0.2) is 60.9 Å². The number of carbonyl (C=O) groups excluding carboxylic acids is 1. The maximum atomic E-state index is 13.7. The quantitative estimate of drug-likeness (QED) is 0.426. The van der Waals surface area contributed by atoms with Crippen LogP contribution in [-0.4, -0.2) is 42.8 Å². The van der Waals surface area contributed by atoms with Crippen molar-refractivity contribution in [3.05, 3.63) is 66.5 Å². The first-order valence-electron chi connectivity index (χ1n) is 10.3. The molecule has 8 nitrogen and oxygen atoms in total. The lowest BCUT2D eigenvalue weighted by atomic mass is 10.2. The van der Waals surface area contributed by atoms with E-state index in [2.05, 4.69) is 4.98 Å². The van der Waals surface area contributed by atoms with E-state index in [0.717, 1.165) is 10.3 Å². The fraction of sp³-hybridized carbons (Fsp3) is 0.208. The van der Waals surface area contributed by atoms with Crippen LogP contribution >= 0.6 is 11.3 Å². The first kappa shape index (κ1) is 21.0. The van der Waals surface area contributed by atoms with Crippen molar-refractivity contribution in [2.45, 2.75) is 12.6 Å². The summed E-state index contributed by atoms with van der Waals surface area (Å²) in [6, 6.07) is 14.7. The van der Waals surface area contributed by atoms with Crippen LogP contribution in [0.1, 0.15) is 5.56 Å². The molecule has 4 aromatic rings. The van der Waals surface area contributed by atoms with Gasteiger partial charge >= 0.3 is 0 Å². The van der Waals surface area contributed by atoms with E-state index in [1.54, 1.807) is 43.6 Å². The van der Waals surface area contributed by atoms with Crippen LogP contribution in [0.25, 0.3) is 10.2 Å². The number of ether oxygens (including phenoxy) is 4. The topological polar surface area (TPSA) is 83.0 Å². The van der Waals surface area contributed by atoms with Gasteiger partial charge in [0.15, 0.2) is 16.6 Å². The molecule has 0 saturated carbocycles. The number of hydrogen-bond acceptors (Lipinski definition) is 8. The number of nitrogens with zero attached hydrogens (tertiary/aromatic N) is 3.